The number of rotatable bonds is 6. The van der Waals surface area contributed by atoms with E-state index >= 15 is 0 Å². The molecule has 0 unspecified atom stereocenters. The Labute approximate surface area is 128 Å². The molecule has 20 heavy (non-hydrogen) atoms. The summed E-state index contributed by atoms with van der Waals surface area (Å²) in [6.45, 7) is 4.14. The third-order valence-corrected chi connectivity index (χ3v) is 3.89. The van der Waals surface area contributed by atoms with Crippen LogP contribution in [0.2, 0.25) is 0 Å². The number of nitrogens with zero attached hydrogens (tertiary/aromatic N) is 2. The van der Waals surface area contributed by atoms with Crippen molar-refractivity contribution in [1.29, 1.82) is 5.26 Å². The van der Waals surface area contributed by atoms with Crippen LogP contribution in [0.5, 0.6) is 0 Å². The number of nitriles is 1. The van der Waals surface area contributed by atoms with Crippen LogP contribution < -0.4 is 4.57 Å². The molecule has 1 heterocycles. The zero-order chi connectivity index (χ0) is 15.0. The van der Waals surface area contributed by atoms with Crippen molar-refractivity contribution in [3.05, 3.63) is 34.3 Å². The monoisotopic (exact) mass is 309 g/mol. The van der Waals surface area contributed by atoms with Crippen LogP contribution in [-0.2, 0) is 9.53 Å². The lowest BCUT2D eigenvalue weighted by atomic mass is 10.3. The normalized spacial score (nSPS) is 11.5. The van der Waals surface area contributed by atoms with Crippen LogP contribution in [0.1, 0.15) is 18.9 Å². The number of esters is 1. The molecule has 1 rings (SSSR count). The van der Waals surface area contributed by atoms with Crippen LogP contribution in [0, 0.1) is 18.3 Å². The fourth-order valence-corrected chi connectivity index (χ4v) is 2.59. The quantitative estimate of drug-likeness (QED) is 0.380. The van der Waals surface area contributed by atoms with Gasteiger partial charge in [0.25, 0.3) is 0 Å². The summed E-state index contributed by atoms with van der Waals surface area (Å²) in [5.74, 6) is 0.303. The third-order valence-electron chi connectivity index (χ3n) is 2.41. The van der Waals surface area contributed by atoms with E-state index in [4.69, 9.17) is 4.74 Å². The maximum Gasteiger partial charge on any atom is 0.308 e. The number of carbonyl (C=O) groups excluding carboxylic acids is 1. The third kappa shape index (κ3) is 5.27. The highest BCUT2D eigenvalue weighted by Crippen LogP contribution is 2.24. The number of hydrogen-bond acceptors (Lipinski definition) is 5. The molecule has 1 aromatic rings. The molecular weight excluding hydrogens is 292 g/mol. The van der Waals surface area contributed by atoms with E-state index in [0.29, 0.717) is 28.7 Å². The first-order chi connectivity index (χ1) is 9.58. The van der Waals surface area contributed by atoms with Crippen molar-refractivity contribution in [3.63, 3.8) is 0 Å². The van der Waals surface area contributed by atoms with E-state index in [1.807, 2.05) is 31.5 Å². The smallest absolute Gasteiger partial charge is 0.308 e. The van der Waals surface area contributed by atoms with Gasteiger partial charge >= 0.3 is 11.7 Å². The van der Waals surface area contributed by atoms with Crippen molar-refractivity contribution in [2.45, 2.75) is 20.3 Å². The number of allylic oxidation sites excluding steroid dienone is 1. The molecule has 0 amide bonds. The number of aromatic nitrogens is 1. The van der Waals surface area contributed by atoms with Crippen LogP contribution in [0.25, 0.3) is 5.70 Å². The van der Waals surface area contributed by atoms with Crippen LogP contribution in [0.15, 0.2) is 28.8 Å². The lowest BCUT2D eigenvalue weighted by molar-refractivity contribution is -0.577. The van der Waals surface area contributed by atoms with Crippen molar-refractivity contribution in [1.82, 2.24) is 0 Å². The van der Waals surface area contributed by atoms with Gasteiger partial charge in [-0.1, -0.05) is 0 Å². The molecule has 0 aromatic carbocycles. The SMILES string of the molecule is CCOC(=O)CCS/C(S)=C(\C#N)[n+]1ccc(C)cc1. The summed E-state index contributed by atoms with van der Waals surface area (Å²) < 4.78 is 7.15. The van der Waals surface area contributed by atoms with E-state index in [1.54, 1.807) is 11.5 Å². The minimum atomic E-state index is -0.234. The Kier molecular flexibility index (Phi) is 7.20. The van der Waals surface area contributed by atoms with Gasteiger partial charge in [0.15, 0.2) is 18.5 Å². The van der Waals surface area contributed by atoms with Crippen LogP contribution in [0.3, 0.4) is 0 Å². The molecule has 1 aromatic heterocycles. The second-order valence-electron chi connectivity index (χ2n) is 3.95. The van der Waals surface area contributed by atoms with E-state index in [1.165, 1.54) is 11.8 Å². The number of aryl methyl sites for hydroxylation is 1. The van der Waals surface area contributed by atoms with Gasteiger partial charge < -0.3 is 4.74 Å². The fourth-order valence-electron chi connectivity index (χ4n) is 1.40. The summed E-state index contributed by atoms with van der Waals surface area (Å²) in [7, 11) is 0. The van der Waals surface area contributed by atoms with E-state index in [0.717, 1.165) is 5.56 Å². The molecule has 4 nitrogen and oxygen atoms in total. The topological polar surface area (TPSA) is 54.0 Å². The van der Waals surface area contributed by atoms with E-state index in [2.05, 4.69) is 18.7 Å². The first kappa shape index (κ1) is 16.6. The molecule has 0 saturated carbocycles. The minimum absolute atomic E-state index is 0.234. The second kappa shape index (κ2) is 8.67. The van der Waals surface area contributed by atoms with Gasteiger partial charge in [-0.15, -0.1) is 24.4 Å². The standard InChI is InChI=1S/C14H16N2O2S2/c1-3-18-13(17)6-9-20-14(19)12(10-15)16-7-4-11(2)5-8-16/h4-5,7-8H,3,6,9H2,1-2H3/p+1/b14-12+. The summed E-state index contributed by atoms with van der Waals surface area (Å²) >= 11 is 5.71. The lowest BCUT2D eigenvalue weighted by Crippen LogP contribution is -2.31. The highest BCUT2D eigenvalue weighted by molar-refractivity contribution is 8.15. The molecule has 0 spiro atoms. The zero-order valence-corrected chi connectivity index (χ0v) is 13.2. The Bertz CT molecular complexity index is 533. The van der Waals surface area contributed by atoms with Crippen molar-refractivity contribution >= 4 is 36.1 Å². The number of thioether (sulfide) groups is 1. The van der Waals surface area contributed by atoms with Gasteiger partial charge in [0.1, 0.15) is 4.24 Å². The molecule has 0 bridgehead atoms. The Morgan fingerprint density at radius 1 is 1.50 bits per heavy atom. The highest BCUT2D eigenvalue weighted by atomic mass is 32.2. The number of hydrogen-bond donors (Lipinski definition) is 1. The molecule has 6 heteroatoms. The summed E-state index contributed by atoms with van der Waals surface area (Å²) in [6.07, 6.45) is 3.94. The summed E-state index contributed by atoms with van der Waals surface area (Å²) in [5, 5.41) is 9.23. The largest absolute Gasteiger partial charge is 0.466 e. The van der Waals surface area contributed by atoms with Crippen LogP contribution in [-0.4, -0.2) is 18.3 Å². The van der Waals surface area contributed by atoms with Gasteiger partial charge in [0, 0.05) is 17.9 Å². The highest BCUT2D eigenvalue weighted by Gasteiger charge is 2.15. The van der Waals surface area contributed by atoms with Gasteiger partial charge in [-0.05, 0) is 19.4 Å². The molecular formula is C14H17N2O2S2+. The maximum absolute atomic E-state index is 11.2. The van der Waals surface area contributed by atoms with Crippen LogP contribution in [0.4, 0.5) is 0 Å². The van der Waals surface area contributed by atoms with Crippen molar-refractivity contribution in [2.24, 2.45) is 0 Å². The molecule has 0 saturated heterocycles. The fraction of sp³-hybridized carbons (Fsp3) is 0.357. The van der Waals surface area contributed by atoms with Gasteiger partial charge in [-0.25, -0.2) is 0 Å². The predicted octanol–water partition coefficient (Wildman–Crippen LogP) is 2.55. The van der Waals surface area contributed by atoms with Crippen molar-refractivity contribution < 1.29 is 14.1 Å². The summed E-state index contributed by atoms with van der Waals surface area (Å²) in [6, 6.07) is 5.97. The molecule has 0 atom stereocenters. The number of carbonyl (C=O) groups is 1. The molecule has 0 aliphatic rings. The zero-order valence-electron chi connectivity index (χ0n) is 11.5. The lowest BCUT2D eigenvalue weighted by Gasteiger charge is -2.02. The Morgan fingerprint density at radius 2 is 2.15 bits per heavy atom. The number of thiol groups is 1. The number of ether oxygens (including phenoxy) is 1. The van der Waals surface area contributed by atoms with E-state index < -0.39 is 0 Å². The first-order valence-electron chi connectivity index (χ1n) is 6.18. The maximum atomic E-state index is 11.2. The second-order valence-corrected chi connectivity index (χ2v) is 5.81. The van der Waals surface area contributed by atoms with Gasteiger partial charge in [-0.3, -0.25) is 4.79 Å². The molecule has 106 valence electrons. The first-order valence-corrected chi connectivity index (χ1v) is 7.61. The average Bonchev–Trinajstić information content (AvgIpc) is 2.42. The van der Waals surface area contributed by atoms with E-state index in [9.17, 15) is 10.1 Å². The Morgan fingerprint density at radius 3 is 2.70 bits per heavy atom. The summed E-state index contributed by atoms with van der Waals surface area (Å²) in [5.41, 5.74) is 1.57. The molecule has 0 N–H and O–H groups in total. The molecule has 0 aliphatic carbocycles. The summed E-state index contributed by atoms with van der Waals surface area (Å²) in [4.78, 5) is 11.2. The molecule has 0 radical (unpaired) electrons. The van der Waals surface area contributed by atoms with Crippen molar-refractivity contribution in [2.75, 3.05) is 12.4 Å². The average molecular weight is 309 g/mol. The Balaban J connectivity index is 2.69. The minimum Gasteiger partial charge on any atom is -0.466 e. The molecule has 0 fully saturated rings. The van der Waals surface area contributed by atoms with Crippen LogP contribution >= 0.6 is 24.4 Å². The van der Waals surface area contributed by atoms with Gasteiger partial charge in [0.05, 0.1) is 13.0 Å². The predicted molar refractivity (Wildman–Crippen MR) is 82.9 cm³/mol. The van der Waals surface area contributed by atoms with Gasteiger partial charge in [-0.2, -0.15) is 9.83 Å². The number of pyridine rings is 1. The molecule has 0 aliphatic heterocycles. The Hall–Kier alpha value is -1.45. The van der Waals surface area contributed by atoms with Gasteiger partial charge in [0.2, 0.25) is 0 Å². The van der Waals surface area contributed by atoms with E-state index in [-0.39, 0.29) is 5.97 Å². The van der Waals surface area contributed by atoms with Crippen molar-refractivity contribution in [3.8, 4) is 6.07 Å².